The molecule has 1 heterocycles. The van der Waals surface area contributed by atoms with Gasteiger partial charge in [-0.2, -0.15) is 0 Å². The SMILES string of the molecule is C[C@H](NC(=O)CSc1nc(C2CC2)n(-c2ccccc2)n1)c1cccc2ccccc12. The summed E-state index contributed by atoms with van der Waals surface area (Å²) in [5.41, 5.74) is 2.14. The highest BCUT2D eigenvalue weighted by molar-refractivity contribution is 7.99. The van der Waals surface area contributed by atoms with E-state index in [9.17, 15) is 4.79 Å². The van der Waals surface area contributed by atoms with Crippen molar-refractivity contribution >= 4 is 28.4 Å². The van der Waals surface area contributed by atoms with E-state index < -0.39 is 0 Å². The van der Waals surface area contributed by atoms with Crippen LogP contribution < -0.4 is 5.32 Å². The predicted octanol–water partition coefficient (Wildman–Crippen LogP) is 5.27. The first-order valence-electron chi connectivity index (χ1n) is 10.6. The predicted molar refractivity (Wildman–Crippen MR) is 125 cm³/mol. The molecule has 0 bridgehead atoms. The van der Waals surface area contributed by atoms with Crippen LogP contribution in [0.3, 0.4) is 0 Å². The van der Waals surface area contributed by atoms with Gasteiger partial charge in [-0.1, -0.05) is 72.4 Å². The molecule has 1 aromatic heterocycles. The van der Waals surface area contributed by atoms with Crippen molar-refractivity contribution in [2.24, 2.45) is 0 Å². The van der Waals surface area contributed by atoms with Crippen molar-refractivity contribution in [2.75, 3.05) is 5.75 Å². The van der Waals surface area contributed by atoms with Crippen molar-refractivity contribution in [3.63, 3.8) is 0 Å². The molecule has 5 nitrogen and oxygen atoms in total. The molecule has 156 valence electrons. The van der Waals surface area contributed by atoms with Crippen molar-refractivity contribution in [3.05, 3.63) is 84.2 Å². The van der Waals surface area contributed by atoms with Crippen molar-refractivity contribution in [1.29, 1.82) is 0 Å². The highest BCUT2D eigenvalue weighted by Crippen LogP contribution is 2.40. The number of carbonyl (C=O) groups excluding carboxylic acids is 1. The van der Waals surface area contributed by atoms with Gasteiger partial charge in [-0.05, 0) is 48.2 Å². The van der Waals surface area contributed by atoms with Gasteiger partial charge in [-0.15, -0.1) is 5.10 Å². The van der Waals surface area contributed by atoms with Gasteiger partial charge < -0.3 is 5.32 Å². The van der Waals surface area contributed by atoms with Crippen LogP contribution in [0.2, 0.25) is 0 Å². The van der Waals surface area contributed by atoms with Gasteiger partial charge >= 0.3 is 0 Å². The Hall–Kier alpha value is -3.12. The number of nitrogens with zero attached hydrogens (tertiary/aromatic N) is 3. The summed E-state index contributed by atoms with van der Waals surface area (Å²) in [7, 11) is 0. The molecule has 6 heteroatoms. The lowest BCUT2D eigenvalue weighted by Crippen LogP contribution is -2.28. The second-order valence-corrected chi connectivity index (χ2v) is 8.86. The molecule has 1 atom stereocenters. The van der Waals surface area contributed by atoms with E-state index in [1.807, 2.05) is 60.1 Å². The zero-order valence-electron chi connectivity index (χ0n) is 17.4. The van der Waals surface area contributed by atoms with Gasteiger partial charge in [0.25, 0.3) is 0 Å². The Morgan fingerprint density at radius 3 is 2.61 bits per heavy atom. The summed E-state index contributed by atoms with van der Waals surface area (Å²) in [5.74, 6) is 1.74. The third-order valence-corrected chi connectivity index (χ3v) is 6.39. The number of hydrogen-bond donors (Lipinski definition) is 1. The zero-order chi connectivity index (χ0) is 21.2. The number of nitrogens with one attached hydrogen (secondary N) is 1. The minimum atomic E-state index is -0.0731. The molecule has 1 saturated carbocycles. The average molecular weight is 429 g/mol. The summed E-state index contributed by atoms with van der Waals surface area (Å²) in [6, 6.07) is 24.5. The van der Waals surface area contributed by atoms with Gasteiger partial charge in [0.15, 0.2) is 0 Å². The first-order chi connectivity index (χ1) is 15.2. The number of fused-ring (bicyclic) bond motifs is 1. The minimum Gasteiger partial charge on any atom is -0.349 e. The number of hydrogen-bond acceptors (Lipinski definition) is 4. The first kappa shape index (κ1) is 19.8. The van der Waals surface area contributed by atoms with E-state index in [-0.39, 0.29) is 17.7 Å². The number of thioether (sulfide) groups is 1. The summed E-state index contributed by atoms with van der Waals surface area (Å²) >= 11 is 1.39. The van der Waals surface area contributed by atoms with Crippen LogP contribution in [0, 0.1) is 0 Å². The van der Waals surface area contributed by atoms with E-state index in [0.717, 1.165) is 29.9 Å². The van der Waals surface area contributed by atoms with E-state index in [1.54, 1.807) is 0 Å². The smallest absolute Gasteiger partial charge is 0.230 e. The molecule has 3 aromatic carbocycles. The third kappa shape index (κ3) is 4.35. The second-order valence-electron chi connectivity index (χ2n) is 7.92. The molecule has 0 spiro atoms. The lowest BCUT2D eigenvalue weighted by atomic mass is 10.00. The van der Waals surface area contributed by atoms with Crippen LogP contribution in [-0.2, 0) is 4.79 Å². The van der Waals surface area contributed by atoms with Crippen LogP contribution in [0.25, 0.3) is 16.5 Å². The Balaban J connectivity index is 1.27. The van der Waals surface area contributed by atoms with E-state index in [2.05, 4.69) is 34.7 Å². The number of rotatable bonds is 7. The van der Waals surface area contributed by atoms with Gasteiger partial charge in [-0.25, -0.2) is 9.67 Å². The molecule has 1 amide bonds. The lowest BCUT2D eigenvalue weighted by Gasteiger charge is -2.16. The van der Waals surface area contributed by atoms with E-state index in [1.165, 1.54) is 22.5 Å². The molecule has 4 aromatic rings. The number of benzene rings is 3. The van der Waals surface area contributed by atoms with Crippen molar-refractivity contribution in [1.82, 2.24) is 20.1 Å². The summed E-state index contributed by atoms with van der Waals surface area (Å²) in [6.07, 6.45) is 2.30. The largest absolute Gasteiger partial charge is 0.349 e. The van der Waals surface area contributed by atoms with Gasteiger partial charge in [0, 0.05) is 5.92 Å². The maximum atomic E-state index is 12.6. The van der Waals surface area contributed by atoms with Crippen molar-refractivity contribution in [3.8, 4) is 5.69 Å². The fraction of sp³-hybridized carbons (Fsp3) is 0.240. The number of carbonyl (C=O) groups is 1. The molecule has 31 heavy (non-hydrogen) atoms. The summed E-state index contributed by atoms with van der Waals surface area (Å²) in [6.45, 7) is 2.03. The number of para-hydroxylation sites is 1. The Labute approximate surface area is 185 Å². The molecule has 1 N–H and O–H groups in total. The molecule has 0 aliphatic heterocycles. The van der Waals surface area contributed by atoms with Crippen molar-refractivity contribution < 1.29 is 4.79 Å². The number of amides is 1. The Morgan fingerprint density at radius 2 is 1.81 bits per heavy atom. The van der Waals surface area contributed by atoms with Gasteiger partial charge in [0.05, 0.1) is 17.5 Å². The highest BCUT2D eigenvalue weighted by Gasteiger charge is 2.30. The standard InChI is InChI=1S/C25H24N4OS/c1-17(21-13-7-9-18-8-5-6-12-22(18)21)26-23(30)16-31-25-27-24(19-14-15-19)29(28-25)20-10-3-2-4-11-20/h2-13,17,19H,14-16H2,1H3,(H,26,30)/t17-/m0/s1. The molecule has 1 fully saturated rings. The molecule has 5 rings (SSSR count). The third-order valence-electron chi connectivity index (χ3n) is 5.56. The van der Waals surface area contributed by atoms with E-state index in [0.29, 0.717) is 11.1 Å². The van der Waals surface area contributed by atoms with Crippen LogP contribution in [0.15, 0.2) is 78.0 Å². The fourth-order valence-corrected chi connectivity index (χ4v) is 4.49. The maximum absolute atomic E-state index is 12.6. The second kappa shape index (κ2) is 8.55. The van der Waals surface area contributed by atoms with Crippen LogP contribution in [0.4, 0.5) is 0 Å². The fourth-order valence-electron chi connectivity index (χ4n) is 3.85. The maximum Gasteiger partial charge on any atom is 0.230 e. The first-order valence-corrected chi connectivity index (χ1v) is 11.6. The van der Waals surface area contributed by atoms with Gasteiger partial charge in [0.1, 0.15) is 5.82 Å². The summed E-state index contributed by atoms with van der Waals surface area (Å²) < 4.78 is 1.93. The molecule has 1 aliphatic rings. The average Bonchev–Trinajstić information content (AvgIpc) is 3.57. The Kier molecular flexibility index (Phi) is 5.47. The monoisotopic (exact) mass is 428 g/mol. The molecule has 0 radical (unpaired) electrons. The van der Waals surface area contributed by atoms with Crippen LogP contribution in [0.5, 0.6) is 0 Å². The molecular weight excluding hydrogens is 404 g/mol. The Bertz CT molecular complexity index is 1210. The van der Waals surface area contributed by atoms with Gasteiger partial charge in [-0.3, -0.25) is 4.79 Å². The van der Waals surface area contributed by atoms with E-state index >= 15 is 0 Å². The molecule has 0 saturated heterocycles. The van der Waals surface area contributed by atoms with Crippen LogP contribution in [0.1, 0.15) is 43.1 Å². The highest BCUT2D eigenvalue weighted by atomic mass is 32.2. The summed E-state index contributed by atoms with van der Waals surface area (Å²) in [5, 5.41) is 10.8. The normalized spacial score (nSPS) is 14.5. The summed E-state index contributed by atoms with van der Waals surface area (Å²) in [4.78, 5) is 17.4. The lowest BCUT2D eigenvalue weighted by molar-refractivity contribution is -0.119. The number of aromatic nitrogens is 3. The van der Waals surface area contributed by atoms with Crippen LogP contribution >= 0.6 is 11.8 Å². The van der Waals surface area contributed by atoms with Crippen LogP contribution in [-0.4, -0.2) is 26.4 Å². The topological polar surface area (TPSA) is 59.8 Å². The quantitative estimate of drug-likeness (QED) is 0.408. The van der Waals surface area contributed by atoms with Crippen molar-refractivity contribution in [2.45, 2.75) is 36.9 Å². The zero-order valence-corrected chi connectivity index (χ0v) is 18.2. The molecular formula is C25H24N4OS. The van der Waals surface area contributed by atoms with Gasteiger partial charge in [0.2, 0.25) is 11.1 Å². The minimum absolute atomic E-state index is 0.0190. The van der Waals surface area contributed by atoms with E-state index in [4.69, 9.17) is 4.98 Å². The Morgan fingerprint density at radius 1 is 1.06 bits per heavy atom. The molecule has 0 unspecified atom stereocenters. The molecule has 1 aliphatic carbocycles.